The van der Waals surface area contributed by atoms with Crippen LogP contribution < -0.4 is 5.32 Å². The number of halogens is 5. The SMILES string of the molecule is Cn1cncc1-c1nc(C(=O)Nc2ccc(C(F)(F)F)nc2)cc(C2CCC(F)(F)CC2)n1. The molecule has 0 radical (unpaired) electrons. The molecule has 3 aromatic rings. The summed E-state index contributed by atoms with van der Waals surface area (Å²) in [5, 5.41) is 2.47. The molecular formula is C21H19F5N6O. The number of imidazole rings is 1. The summed E-state index contributed by atoms with van der Waals surface area (Å²) >= 11 is 0. The van der Waals surface area contributed by atoms with Gasteiger partial charge in [-0.1, -0.05) is 0 Å². The predicted molar refractivity (Wildman–Crippen MR) is 108 cm³/mol. The first kappa shape index (κ1) is 22.7. The number of carbonyl (C=O) groups is 1. The van der Waals surface area contributed by atoms with Crippen molar-refractivity contribution in [3.05, 3.63) is 54.0 Å². The summed E-state index contributed by atoms with van der Waals surface area (Å²) in [6.45, 7) is 0. The molecule has 7 nitrogen and oxygen atoms in total. The van der Waals surface area contributed by atoms with Crippen LogP contribution >= 0.6 is 0 Å². The lowest BCUT2D eigenvalue weighted by molar-refractivity contribution is -0.141. The molecule has 12 heteroatoms. The molecule has 3 heterocycles. The highest BCUT2D eigenvalue weighted by atomic mass is 19.4. The van der Waals surface area contributed by atoms with E-state index in [2.05, 4.69) is 25.3 Å². The largest absolute Gasteiger partial charge is 0.433 e. The smallest absolute Gasteiger partial charge is 0.331 e. The number of alkyl halides is 5. The molecule has 1 saturated carbocycles. The third-order valence-electron chi connectivity index (χ3n) is 5.47. The summed E-state index contributed by atoms with van der Waals surface area (Å²) < 4.78 is 67.0. The summed E-state index contributed by atoms with van der Waals surface area (Å²) in [5.74, 6) is -3.49. The molecule has 0 aromatic carbocycles. The van der Waals surface area contributed by atoms with Crippen molar-refractivity contribution in [1.29, 1.82) is 0 Å². The second kappa shape index (κ2) is 8.49. The summed E-state index contributed by atoms with van der Waals surface area (Å²) in [7, 11) is 1.72. The van der Waals surface area contributed by atoms with Gasteiger partial charge in [0.05, 0.1) is 24.4 Å². The molecule has 33 heavy (non-hydrogen) atoms. The minimum atomic E-state index is -4.60. The number of aryl methyl sites for hydroxylation is 1. The molecule has 1 fully saturated rings. The monoisotopic (exact) mass is 466 g/mol. The van der Waals surface area contributed by atoms with Crippen molar-refractivity contribution < 1.29 is 26.7 Å². The highest BCUT2D eigenvalue weighted by molar-refractivity contribution is 6.03. The van der Waals surface area contributed by atoms with Crippen molar-refractivity contribution in [3.63, 3.8) is 0 Å². The lowest BCUT2D eigenvalue weighted by Crippen LogP contribution is -2.25. The van der Waals surface area contributed by atoms with Crippen LogP contribution in [-0.4, -0.2) is 36.3 Å². The molecule has 174 valence electrons. The Morgan fingerprint density at radius 3 is 2.45 bits per heavy atom. The van der Waals surface area contributed by atoms with Crippen molar-refractivity contribution >= 4 is 11.6 Å². The van der Waals surface area contributed by atoms with Crippen LogP contribution in [0.2, 0.25) is 0 Å². The van der Waals surface area contributed by atoms with E-state index >= 15 is 0 Å². The van der Waals surface area contributed by atoms with Gasteiger partial charge in [-0.25, -0.2) is 28.7 Å². The zero-order valence-corrected chi connectivity index (χ0v) is 17.4. The summed E-state index contributed by atoms with van der Waals surface area (Å²) in [5.41, 5.74) is -0.117. The molecule has 1 aliphatic carbocycles. The van der Waals surface area contributed by atoms with E-state index in [0.717, 1.165) is 18.3 Å². The maximum Gasteiger partial charge on any atom is 0.433 e. The summed E-state index contributed by atoms with van der Waals surface area (Å²) in [6.07, 6.45) is -0.802. The number of nitrogens with zero attached hydrogens (tertiary/aromatic N) is 5. The predicted octanol–water partition coefficient (Wildman–Crippen LogP) is 4.84. The highest BCUT2D eigenvalue weighted by Crippen LogP contribution is 2.40. The van der Waals surface area contributed by atoms with E-state index in [9.17, 15) is 26.7 Å². The standard InChI is InChI=1S/C21H19F5N6O/c1-32-11-27-10-16(32)18-30-14(12-4-6-20(22,23)7-5-12)8-15(31-18)19(33)29-13-2-3-17(28-9-13)21(24,25)26/h2-3,8-12H,4-7H2,1H3,(H,29,33). The van der Waals surface area contributed by atoms with Crippen LogP contribution in [0, 0.1) is 0 Å². The number of amides is 1. The van der Waals surface area contributed by atoms with Crippen LogP contribution in [0.5, 0.6) is 0 Å². The number of hydrogen-bond donors (Lipinski definition) is 1. The van der Waals surface area contributed by atoms with Gasteiger partial charge in [-0.3, -0.25) is 4.79 Å². The Morgan fingerprint density at radius 1 is 1.15 bits per heavy atom. The van der Waals surface area contributed by atoms with Gasteiger partial charge in [0.1, 0.15) is 17.1 Å². The average molecular weight is 466 g/mol. The summed E-state index contributed by atoms with van der Waals surface area (Å²) in [4.78, 5) is 29.0. The Morgan fingerprint density at radius 2 is 1.88 bits per heavy atom. The maximum absolute atomic E-state index is 13.6. The molecule has 0 saturated heterocycles. The van der Waals surface area contributed by atoms with Gasteiger partial charge in [0.15, 0.2) is 5.82 Å². The van der Waals surface area contributed by atoms with Crippen LogP contribution in [-0.2, 0) is 13.2 Å². The molecule has 0 unspecified atom stereocenters. The number of anilines is 1. The second-order valence-electron chi connectivity index (χ2n) is 7.91. The molecule has 4 rings (SSSR count). The molecule has 3 aromatic heterocycles. The quantitative estimate of drug-likeness (QED) is 0.557. The Kier molecular flexibility index (Phi) is 5.85. The molecule has 0 bridgehead atoms. The van der Waals surface area contributed by atoms with Crippen molar-refractivity contribution in [2.75, 3.05) is 5.32 Å². The maximum atomic E-state index is 13.6. The van der Waals surface area contributed by atoms with E-state index in [1.165, 1.54) is 18.6 Å². The molecule has 0 atom stereocenters. The Bertz CT molecular complexity index is 1150. The first-order chi connectivity index (χ1) is 15.5. The lowest BCUT2D eigenvalue weighted by Gasteiger charge is -2.28. The van der Waals surface area contributed by atoms with Crippen molar-refractivity contribution in [2.45, 2.75) is 43.7 Å². The van der Waals surface area contributed by atoms with Gasteiger partial charge in [-0.2, -0.15) is 13.2 Å². The third kappa shape index (κ3) is 5.15. The molecule has 1 aliphatic rings. The van der Waals surface area contributed by atoms with Crippen LogP contribution in [0.3, 0.4) is 0 Å². The third-order valence-corrected chi connectivity index (χ3v) is 5.47. The number of pyridine rings is 1. The van der Waals surface area contributed by atoms with Crippen molar-refractivity contribution in [1.82, 2.24) is 24.5 Å². The van der Waals surface area contributed by atoms with Gasteiger partial charge < -0.3 is 9.88 Å². The minimum Gasteiger partial charge on any atom is -0.331 e. The second-order valence-corrected chi connectivity index (χ2v) is 7.91. The fourth-order valence-electron chi connectivity index (χ4n) is 3.65. The fourth-order valence-corrected chi connectivity index (χ4v) is 3.65. The molecule has 0 spiro atoms. The van der Waals surface area contributed by atoms with Gasteiger partial charge in [0.25, 0.3) is 5.91 Å². The number of rotatable bonds is 4. The van der Waals surface area contributed by atoms with Gasteiger partial charge in [0, 0.05) is 31.5 Å². The first-order valence-electron chi connectivity index (χ1n) is 10.1. The minimum absolute atomic E-state index is 0.0477. The van der Waals surface area contributed by atoms with Gasteiger partial charge in [-0.15, -0.1) is 0 Å². The number of carbonyl (C=O) groups excluding carboxylic acids is 1. The number of hydrogen-bond acceptors (Lipinski definition) is 5. The van der Waals surface area contributed by atoms with Crippen LogP contribution in [0.1, 0.15) is 53.5 Å². The Balaban J connectivity index is 1.64. The average Bonchev–Trinajstić information content (AvgIpc) is 3.19. The van der Waals surface area contributed by atoms with Crippen LogP contribution in [0.25, 0.3) is 11.5 Å². The number of aromatic nitrogens is 5. The Labute approximate surface area is 185 Å². The highest BCUT2D eigenvalue weighted by Gasteiger charge is 2.36. The first-order valence-corrected chi connectivity index (χ1v) is 10.1. The van der Waals surface area contributed by atoms with Crippen molar-refractivity contribution in [3.8, 4) is 11.5 Å². The van der Waals surface area contributed by atoms with Gasteiger partial charge in [-0.05, 0) is 31.0 Å². The van der Waals surface area contributed by atoms with E-state index in [1.807, 2.05) is 0 Å². The molecule has 1 amide bonds. The Hall–Kier alpha value is -3.44. The van der Waals surface area contributed by atoms with Crippen LogP contribution in [0.4, 0.5) is 27.6 Å². The van der Waals surface area contributed by atoms with E-state index in [4.69, 9.17) is 0 Å². The van der Waals surface area contributed by atoms with Gasteiger partial charge in [0.2, 0.25) is 5.92 Å². The van der Waals surface area contributed by atoms with Crippen molar-refractivity contribution in [2.24, 2.45) is 7.05 Å². The van der Waals surface area contributed by atoms with Crippen LogP contribution in [0.15, 0.2) is 36.9 Å². The van der Waals surface area contributed by atoms with Gasteiger partial charge >= 0.3 is 6.18 Å². The van der Waals surface area contributed by atoms with E-state index in [-0.39, 0.29) is 48.8 Å². The zero-order chi connectivity index (χ0) is 23.8. The summed E-state index contributed by atoms with van der Waals surface area (Å²) in [6, 6.07) is 3.27. The number of nitrogens with one attached hydrogen (secondary N) is 1. The van der Waals surface area contributed by atoms with E-state index in [0.29, 0.717) is 11.4 Å². The molecular weight excluding hydrogens is 447 g/mol. The molecule has 0 aliphatic heterocycles. The van der Waals surface area contributed by atoms with E-state index < -0.39 is 23.7 Å². The lowest BCUT2D eigenvalue weighted by atomic mass is 9.84. The van der Waals surface area contributed by atoms with E-state index in [1.54, 1.807) is 11.6 Å². The topological polar surface area (TPSA) is 85.6 Å². The fraction of sp³-hybridized carbons (Fsp3) is 0.381. The zero-order valence-electron chi connectivity index (χ0n) is 17.4. The molecule has 1 N–H and O–H groups in total. The normalized spacial score (nSPS) is 16.5.